The highest BCUT2D eigenvalue weighted by molar-refractivity contribution is 6.30. The fourth-order valence-electron chi connectivity index (χ4n) is 2.10. The summed E-state index contributed by atoms with van der Waals surface area (Å²) in [5.74, 6) is 0.483. The standard InChI is InChI=1S/C18H20ClNO2/c1-4-14-6-5-7-16(11-14)20-18(21)13(3)22-17-9-8-15(19)10-12(17)2/h5-11,13H,4H2,1-3H3,(H,20,21). The average Bonchev–Trinajstić information content (AvgIpc) is 2.50. The fraction of sp³-hybridized carbons (Fsp3) is 0.278. The minimum Gasteiger partial charge on any atom is -0.481 e. The van der Waals surface area contributed by atoms with E-state index in [-0.39, 0.29) is 5.91 Å². The molecule has 0 heterocycles. The van der Waals surface area contributed by atoms with Gasteiger partial charge in [-0.3, -0.25) is 4.79 Å². The van der Waals surface area contributed by atoms with Gasteiger partial charge >= 0.3 is 0 Å². The number of amides is 1. The molecule has 1 atom stereocenters. The molecule has 4 heteroatoms. The topological polar surface area (TPSA) is 38.3 Å². The number of hydrogen-bond acceptors (Lipinski definition) is 2. The molecular formula is C18H20ClNO2. The summed E-state index contributed by atoms with van der Waals surface area (Å²) in [4.78, 5) is 12.2. The highest BCUT2D eigenvalue weighted by Crippen LogP contribution is 2.23. The Morgan fingerprint density at radius 3 is 2.73 bits per heavy atom. The molecule has 116 valence electrons. The van der Waals surface area contributed by atoms with Crippen LogP contribution in [-0.4, -0.2) is 12.0 Å². The van der Waals surface area contributed by atoms with Crippen LogP contribution in [0.15, 0.2) is 42.5 Å². The predicted octanol–water partition coefficient (Wildman–Crippen LogP) is 4.62. The van der Waals surface area contributed by atoms with Gasteiger partial charge in [0.2, 0.25) is 0 Å². The fourth-order valence-corrected chi connectivity index (χ4v) is 2.33. The van der Waals surface area contributed by atoms with Crippen molar-refractivity contribution in [3.63, 3.8) is 0 Å². The molecule has 0 aliphatic rings. The zero-order chi connectivity index (χ0) is 16.1. The van der Waals surface area contributed by atoms with Crippen molar-refractivity contribution in [1.29, 1.82) is 0 Å². The lowest BCUT2D eigenvalue weighted by Gasteiger charge is -2.16. The van der Waals surface area contributed by atoms with Crippen LogP contribution in [0.5, 0.6) is 5.75 Å². The maximum atomic E-state index is 12.2. The number of ether oxygens (including phenoxy) is 1. The van der Waals surface area contributed by atoms with E-state index < -0.39 is 6.10 Å². The summed E-state index contributed by atoms with van der Waals surface area (Å²) in [6, 6.07) is 13.1. The van der Waals surface area contributed by atoms with Crippen LogP contribution in [0.2, 0.25) is 5.02 Å². The van der Waals surface area contributed by atoms with Crippen molar-refractivity contribution < 1.29 is 9.53 Å². The molecule has 1 amide bonds. The van der Waals surface area contributed by atoms with Gasteiger partial charge in [-0.2, -0.15) is 0 Å². The molecule has 0 aliphatic carbocycles. The summed E-state index contributed by atoms with van der Waals surface area (Å²) in [7, 11) is 0. The quantitative estimate of drug-likeness (QED) is 0.874. The van der Waals surface area contributed by atoms with E-state index in [0.29, 0.717) is 10.8 Å². The molecule has 3 nitrogen and oxygen atoms in total. The molecule has 2 aromatic rings. The Kier molecular flexibility index (Phi) is 5.45. The van der Waals surface area contributed by atoms with Crippen molar-refractivity contribution in [3.05, 3.63) is 58.6 Å². The first kappa shape index (κ1) is 16.4. The summed E-state index contributed by atoms with van der Waals surface area (Å²) < 4.78 is 5.72. The molecule has 1 N–H and O–H groups in total. The van der Waals surface area contributed by atoms with Gasteiger partial charge in [-0.15, -0.1) is 0 Å². The third kappa shape index (κ3) is 4.25. The lowest BCUT2D eigenvalue weighted by Crippen LogP contribution is -2.30. The largest absolute Gasteiger partial charge is 0.481 e. The Hall–Kier alpha value is -2.00. The average molecular weight is 318 g/mol. The number of carbonyl (C=O) groups is 1. The van der Waals surface area contributed by atoms with E-state index >= 15 is 0 Å². The molecule has 0 aromatic heterocycles. The Labute approximate surface area is 136 Å². The Morgan fingerprint density at radius 1 is 1.27 bits per heavy atom. The zero-order valence-corrected chi connectivity index (χ0v) is 13.8. The molecular weight excluding hydrogens is 298 g/mol. The van der Waals surface area contributed by atoms with Crippen LogP contribution < -0.4 is 10.1 Å². The minimum atomic E-state index is -0.592. The van der Waals surface area contributed by atoms with Crippen LogP contribution in [0, 0.1) is 6.92 Å². The molecule has 0 radical (unpaired) electrons. The number of halogens is 1. The normalized spacial score (nSPS) is 11.8. The molecule has 22 heavy (non-hydrogen) atoms. The molecule has 0 saturated carbocycles. The van der Waals surface area contributed by atoms with Gasteiger partial charge in [-0.25, -0.2) is 0 Å². The monoisotopic (exact) mass is 317 g/mol. The van der Waals surface area contributed by atoms with E-state index in [1.807, 2.05) is 37.3 Å². The molecule has 1 unspecified atom stereocenters. The van der Waals surface area contributed by atoms with E-state index in [1.54, 1.807) is 19.1 Å². The van der Waals surface area contributed by atoms with Gasteiger partial charge in [-0.05, 0) is 61.7 Å². The summed E-state index contributed by atoms with van der Waals surface area (Å²) in [5, 5.41) is 3.53. The van der Waals surface area contributed by atoms with E-state index in [0.717, 1.165) is 17.7 Å². The first-order valence-corrected chi connectivity index (χ1v) is 7.70. The van der Waals surface area contributed by atoms with Gasteiger partial charge < -0.3 is 10.1 Å². The van der Waals surface area contributed by atoms with Crippen LogP contribution in [0.1, 0.15) is 25.0 Å². The Balaban J connectivity index is 2.02. The highest BCUT2D eigenvalue weighted by atomic mass is 35.5. The van der Waals surface area contributed by atoms with Gasteiger partial charge in [0.25, 0.3) is 5.91 Å². The molecule has 0 saturated heterocycles. The van der Waals surface area contributed by atoms with Crippen molar-refractivity contribution in [1.82, 2.24) is 0 Å². The van der Waals surface area contributed by atoms with Gasteiger partial charge in [0.15, 0.2) is 6.10 Å². The lowest BCUT2D eigenvalue weighted by molar-refractivity contribution is -0.122. The zero-order valence-electron chi connectivity index (χ0n) is 13.0. The Morgan fingerprint density at radius 2 is 2.05 bits per heavy atom. The second-order valence-electron chi connectivity index (χ2n) is 5.21. The smallest absolute Gasteiger partial charge is 0.265 e. The first-order valence-electron chi connectivity index (χ1n) is 7.32. The summed E-state index contributed by atoms with van der Waals surface area (Å²) in [5.41, 5.74) is 2.87. The van der Waals surface area contributed by atoms with Crippen molar-refractivity contribution in [2.45, 2.75) is 33.3 Å². The van der Waals surface area contributed by atoms with Crippen LogP contribution >= 0.6 is 11.6 Å². The van der Waals surface area contributed by atoms with Gasteiger partial charge in [-0.1, -0.05) is 30.7 Å². The Bertz CT molecular complexity index is 670. The SMILES string of the molecule is CCc1cccc(NC(=O)C(C)Oc2ccc(Cl)cc2C)c1. The van der Waals surface area contributed by atoms with Crippen molar-refractivity contribution in [2.75, 3.05) is 5.32 Å². The van der Waals surface area contributed by atoms with Gasteiger partial charge in [0.1, 0.15) is 5.75 Å². The maximum Gasteiger partial charge on any atom is 0.265 e. The van der Waals surface area contributed by atoms with E-state index in [4.69, 9.17) is 16.3 Å². The van der Waals surface area contributed by atoms with Crippen LogP contribution in [-0.2, 0) is 11.2 Å². The van der Waals surface area contributed by atoms with Crippen molar-refractivity contribution in [3.8, 4) is 5.75 Å². The summed E-state index contributed by atoms with van der Waals surface area (Å²) in [6.07, 6.45) is 0.338. The van der Waals surface area contributed by atoms with Gasteiger partial charge in [0, 0.05) is 10.7 Å². The minimum absolute atomic E-state index is 0.178. The van der Waals surface area contributed by atoms with Crippen molar-refractivity contribution >= 4 is 23.2 Å². The lowest BCUT2D eigenvalue weighted by atomic mass is 10.1. The third-order valence-corrected chi connectivity index (χ3v) is 3.65. The number of anilines is 1. The second-order valence-corrected chi connectivity index (χ2v) is 5.65. The predicted molar refractivity (Wildman–Crippen MR) is 90.7 cm³/mol. The van der Waals surface area contributed by atoms with E-state index in [1.165, 1.54) is 5.56 Å². The number of rotatable bonds is 5. The van der Waals surface area contributed by atoms with Crippen LogP contribution in [0.25, 0.3) is 0 Å². The third-order valence-electron chi connectivity index (χ3n) is 3.41. The molecule has 0 fully saturated rings. The second kappa shape index (κ2) is 7.32. The van der Waals surface area contributed by atoms with Crippen molar-refractivity contribution in [2.24, 2.45) is 0 Å². The number of aryl methyl sites for hydroxylation is 2. The molecule has 2 aromatic carbocycles. The molecule has 0 bridgehead atoms. The van der Waals surface area contributed by atoms with E-state index in [2.05, 4.69) is 12.2 Å². The highest BCUT2D eigenvalue weighted by Gasteiger charge is 2.16. The number of benzene rings is 2. The number of carbonyl (C=O) groups excluding carboxylic acids is 1. The number of hydrogen-bond donors (Lipinski definition) is 1. The molecule has 0 spiro atoms. The van der Waals surface area contributed by atoms with E-state index in [9.17, 15) is 4.79 Å². The van der Waals surface area contributed by atoms with Crippen LogP contribution in [0.4, 0.5) is 5.69 Å². The summed E-state index contributed by atoms with van der Waals surface area (Å²) >= 11 is 5.92. The molecule has 0 aliphatic heterocycles. The molecule has 2 rings (SSSR count). The first-order chi connectivity index (χ1) is 10.5. The summed E-state index contributed by atoms with van der Waals surface area (Å²) in [6.45, 7) is 5.71. The van der Waals surface area contributed by atoms with Gasteiger partial charge in [0.05, 0.1) is 0 Å². The maximum absolute atomic E-state index is 12.2. The number of nitrogens with one attached hydrogen (secondary N) is 1. The van der Waals surface area contributed by atoms with Crippen LogP contribution in [0.3, 0.4) is 0 Å².